The molecule has 112 valence electrons. The molecule has 0 bridgehead atoms. The topological polar surface area (TPSA) is 64.8 Å². The van der Waals surface area contributed by atoms with Crippen LogP contribution in [0.4, 0.5) is 4.79 Å². The van der Waals surface area contributed by atoms with Crippen LogP contribution in [0.3, 0.4) is 0 Å². The molecule has 1 fully saturated rings. The molecular weight excluding hydrogens is 244 g/mol. The van der Waals surface area contributed by atoms with Gasteiger partial charge in [-0.25, -0.2) is 4.79 Å². The van der Waals surface area contributed by atoms with E-state index in [2.05, 4.69) is 13.8 Å². The number of carbonyl (C=O) groups is 1. The number of nitrogens with zero attached hydrogens (tertiary/aromatic N) is 1. The first-order chi connectivity index (χ1) is 8.64. The van der Waals surface area contributed by atoms with E-state index >= 15 is 0 Å². The van der Waals surface area contributed by atoms with Gasteiger partial charge in [0, 0.05) is 6.54 Å². The van der Waals surface area contributed by atoms with Crippen molar-refractivity contribution in [2.75, 3.05) is 26.3 Å². The first-order valence-electron chi connectivity index (χ1n) is 6.92. The van der Waals surface area contributed by atoms with Crippen LogP contribution in [0.25, 0.3) is 0 Å². The molecule has 0 saturated carbocycles. The largest absolute Gasteiger partial charge is 0.444 e. The van der Waals surface area contributed by atoms with Crippen molar-refractivity contribution in [1.82, 2.24) is 4.90 Å². The zero-order valence-electron chi connectivity index (χ0n) is 12.9. The fraction of sp³-hybridized carbons (Fsp3) is 0.929. The van der Waals surface area contributed by atoms with Gasteiger partial charge in [-0.3, -0.25) is 0 Å². The van der Waals surface area contributed by atoms with E-state index in [1.807, 2.05) is 20.8 Å². The molecule has 1 aliphatic heterocycles. The molecule has 1 amide bonds. The van der Waals surface area contributed by atoms with Crippen LogP contribution in [0.15, 0.2) is 0 Å². The Hall–Kier alpha value is -0.810. The lowest BCUT2D eigenvalue weighted by molar-refractivity contribution is -0.0409. The molecule has 1 heterocycles. The Morgan fingerprint density at radius 3 is 2.53 bits per heavy atom. The SMILES string of the molecule is CC(C)(CN)CC1COCCN1C(=O)OC(C)(C)C. The van der Waals surface area contributed by atoms with E-state index in [1.165, 1.54) is 0 Å². The predicted molar refractivity (Wildman–Crippen MR) is 75.0 cm³/mol. The van der Waals surface area contributed by atoms with E-state index < -0.39 is 5.60 Å². The molecule has 5 heteroatoms. The zero-order valence-corrected chi connectivity index (χ0v) is 12.9. The lowest BCUT2D eigenvalue weighted by atomic mass is 9.85. The van der Waals surface area contributed by atoms with Gasteiger partial charge in [0.2, 0.25) is 0 Å². The number of nitrogens with two attached hydrogens (primary N) is 1. The van der Waals surface area contributed by atoms with Gasteiger partial charge in [0.05, 0.1) is 19.3 Å². The summed E-state index contributed by atoms with van der Waals surface area (Å²) < 4.78 is 10.9. The monoisotopic (exact) mass is 272 g/mol. The van der Waals surface area contributed by atoms with Gasteiger partial charge in [-0.05, 0) is 39.2 Å². The van der Waals surface area contributed by atoms with Crippen LogP contribution in [-0.2, 0) is 9.47 Å². The fourth-order valence-corrected chi connectivity index (χ4v) is 2.11. The maximum Gasteiger partial charge on any atom is 0.410 e. The third kappa shape index (κ3) is 5.37. The molecule has 0 aromatic heterocycles. The smallest absolute Gasteiger partial charge is 0.410 e. The molecule has 1 aliphatic rings. The zero-order chi connectivity index (χ0) is 14.7. The molecule has 1 saturated heterocycles. The highest BCUT2D eigenvalue weighted by Gasteiger charge is 2.34. The number of rotatable bonds is 3. The molecule has 1 atom stereocenters. The molecule has 0 aliphatic carbocycles. The van der Waals surface area contributed by atoms with E-state index in [0.29, 0.717) is 26.3 Å². The summed E-state index contributed by atoms with van der Waals surface area (Å²) in [6.07, 6.45) is 0.566. The average Bonchev–Trinajstić information content (AvgIpc) is 2.27. The maximum atomic E-state index is 12.2. The van der Waals surface area contributed by atoms with Gasteiger partial charge in [0.25, 0.3) is 0 Å². The summed E-state index contributed by atoms with van der Waals surface area (Å²) in [4.78, 5) is 14.0. The van der Waals surface area contributed by atoms with Crippen molar-refractivity contribution in [3.05, 3.63) is 0 Å². The number of morpholine rings is 1. The summed E-state index contributed by atoms with van der Waals surface area (Å²) in [6, 6.07) is 0.0437. The second-order valence-electron chi connectivity index (χ2n) is 6.97. The Labute approximate surface area is 116 Å². The molecule has 0 aromatic rings. The van der Waals surface area contributed by atoms with Gasteiger partial charge < -0.3 is 20.1 Å². The minimum Gasteiger partial charge on any atom is -0.444 e. The van der Waals surface area contributed by atoms with Crippen molar-refractivity contribution in [3.8, 4) is 0 Å². The van der Waals surface area contributed by atoms with Crippen LogP contribution in [0.1, 0.15) is 41.0 Å². The number of ether oxygens (including phenoxy) is 2. The summed E-state index contributed by atoms with van der Waals surface area (Å²) in [6.45, 7) is 12.1. The molecule has 19 heavy (non-hydrogen) atoms. The molecule has 0 aromatic carbocycles. The van der Waals surface area contributed by atoms with Crippen molar-refractivity contribution in [2.24, 2.45) is 11.1 Å². The standard InChI is InChI=1S/C14H28N2O3/c1-13(2,3)19-12(17)16-6-7-18-9-11(16)8-14(4,5)10-15/h11H,6-10,15H2,1-5H3. The highest BCUT2D eigenvalue weighted by atomic mass is 16.6. The molecule has 1 unspecified atom stereocenters. The van der Waals surface area contributed by atoms with E-state index in [1.54, 1.807) is 4.90 Å². The highest BCUT2D eigenvalue weighted by molar-refractivity contribution is 5.68. The normalized spacial score (nSPS) is 21.4. The van der Waals surface area contributed by atoms with Crippen LogP contribution >= 0.6 is 0 Å². The lowest BCUT2D eigenvalue weighted by Crippen LogP contribution is -2.52. The highest BCUT2D eigenvalue weighted by Crippen LogP contribution is 2.26. The van der Waals surface area contributed by atoms with E-state index in [4.69, 9.17) is 15.2 Å². The quantitative estimate of drug-likeness (QED) is 0.853. The van der Waals surface area contributed by atoms with E-state index in [-0.39, 0.29) is 17.6 Å². The van der Waals surface area contributed by atoms with E-state index in [9.17, 15) is 4.79 Å². The van der Waals surface area contributed by atoms with Gasteiger partial charge in [0.15, 0.2) is 0 Å². The van der Waals surface area contributed by atoms with E-state index in [0.717, 1.165) is 6.42 Å². The van der Waals surface area contributed by atoms with Crippen LogP contribution in [0.5, 0.6) is 0 Å². The third-order valence-electron chi connectivity index (χ3n) is 3.20. The minimum absolute atomic E-state index is 0.00830. The molecule has 5 nitrogen and oxygen atoms in total. The van der Waals surface area contributed by atoms with Crippen LogP contribution < -0.4 is 5.73 Å². The molecular formula is C14H28N2O3. The summed E-state index contributed by atoms with van der Waals surface area (Å²) in [7, 11) is 0. The van der Waals surface area contributed by atoms with Crippen molar-refractivity contribution >= 4 is 6.09 Å². The van der Waals surface area contributed by atoms with Crippen molar-refractivity contribution < 1.29 is 14.3 Å². The first kappa shape index (κ1) is 16.2. The van der Waals surface area contributed by atoms with Gasteiger partial charge in [-0.15, -0.1) is 0 Å². The van der Waals surface area contributed by atoms with Crippen molar-refractivity contribution in [2.45, 2.75) is 52.7 Å². The first-order valence-corrected chi connectivity index (χ1v) is 6.92. The molecule has 1 rings (SSSR count). The van der Waals surface area contributed by atoms with Gasteiger partial charge in [-0.2, -0.15) is 0 Å². The van der Waals surface area contributed by atoms with Crippen LogP contribution in [-0.4, -0.2) is 48.9 Å². The minimum atomic E-state index is -0.469. The lowest BCUT2D eigenvalue weighted by Gasteiger charge is -2.39. The second-order valence-corrected chi connectivity index (χ2v) is 6.97. The third-order valence-corrected chi connectivity index (χ3v) is 3.20. The Kier molecular flexibility index (Phi) is 5.21. The molecule has 2 N–H and O–H groups in total. The van der Waals surface area contributed by atoms with Crippen molar-refractivity contribution in [3.63, 3.8) is 0 Å². The predicted octanol–water partition coefficient (Wildman–Crippen LogP) is 2.00. The van der Waals surface area contributed by atoms with Crippen LogP contribution in [0, 0.1) is 5.41 Å². The summed E-state index contributed by atoms with van der Waals surface area (Å²) in [5, 5.41) is 0. The number of carbonyl (C=O) groups excluding carboxylic acids is 1. The van der Waals surface area contributed by atoms with Crippen LogP contribution in [0.2, 0.25) is 0 Å². The Balaban J connectivity index is 2.70. The van der Waals surface area contributed by atoms with Gasteiger partial charge >= 0.3 is 6.09 Å². The number of hydrogen-bond donors (Lipinski definition) is 1. The Morgan fingerprint density at radius 1 is 1.37 bits per heavy atom. The fourth-order valence-electron chi connectivity index (χ4n) is 2.11. The van der Waals surface area contributed by atoms with Gasteiger partial charge in [-0.1, -0.05) is 13.8 Å². The van der Waals surface area contributed by atoms with Crippen molar-refractivity contribution in [1.29, 1.82) is 0 Å². The Morgan fingerprint density at radius 2 is 2.00 bits per heavy atom. The second kappa shape index (κ2) is 6.09. The number of hydrogen-bond acceptors (Lipinski definition) is 4. The summed E-state index contributed by atoms with van der Waals surface area (Å²) in [5.41, 5.74) is 5.29. The summed E-state index contributed by atoms with van der Waals surface area (Å²) >= 11 is 0. The summed E-state index contributed by atoms with van der Waals surface area (Å²) in [5.74, 6) is 0. The van der Waals surface area contributed by atoms with Gasteiger partial charge in [0.1, 0.15) is 5.60 Å². The average molecular weight is 272 g/mol. The Bertz CT molecular complexity index is 310. The molecule has 0 spiro atoms. The maximum absolute atomic E-state index is 12.2. The molecule has 0 radical (unpaired) electrons. The number of amides is 1.